The lowest BCUT2D eigenvalue weighted by Crippen LogP contribution is -2.36. The van der Waals surface area contributed by atoms with Crippen LogP contribution in [0.3, 0.4) is 0 Å². The van der Waals surface area contributed by atoms with Crippen LogP contribution in [0.15, 0.2) is 24.3 Å². The van der Waals surface area contributed by atoms with E-state index >= 15 is 0 Å². The predicted octanol–water partition coefficient (Wildman–Crippen LogP) is 1.12. The predicted molar refractivity (Wildman–Crippen MR) is 81.3 cm³/mol. The van der Waals surface area contributed by atoms with E-state index in [4.69, 9.17) is 4.74 Å². The van der Waals surface area contributed by atoms with Crippen molar-refractivity contribution in [2.75, 3.05) is 27.2 Å². The van der Waals surface area contributed by atoms with E-state index in [0.29, 0.717) is 12.3 Å². The molecule has 114 valence electrons. The summed E-state index contributed by atoms with van der Waals surface area (Å²) in [5, 5.41) is 15.7. The minimum Gasteiger partial charge on any atom is -0.497 e. The van der Waals surface area contributed by atoms with E-state index in [9.17, 15) is 9.90 Å². The Morgan fingerprint density at radius 1 is 1.40 bits per heavy atom. The number of nitrogens with one attached hydrogen (secondary N) is 2. The molecule has 0 bridgehead atoms. The monoisotopic (exact) mass is 302 g/mol. The molecule has 1 aromatic carbocycles. The number of amides is 1. The van der Waals surface area contributed by atoms with Crippen LogP contribution in [-0.4, -0.2) is 38.3 Å². The highest BCUT2D eigenvalue weighted by Gasteiger charge is 2.14. The molecule has 3 N–H and O–H groups in total. The van der Waals surface area contributed by atoms with Crippen molar-refractivity contribution in [2.24, 2.45) is 5.92 Å². The summed E-state index contributed by atoms with van der Waals surface area (Å²) in [5.41, 5.74) is 0.723. The minimum absolute atomic E-state index is 0. The van der Waals surface area contributed by atoms with Crippen LogP contribution >= 0.6 is 12.4 Å². The van der Waals surface area contributed by atoms with Crippen molar-refractivity contribution in [3.05, 3.63) is 29.8 Å². The van der Waals surface area contributed by atoms with Crippen molar-refractivity contribution in [3.8, 4) is 5.75 Å². The molecule has 0 aromatic heterocycles. The van der Waals surface area contributed by atoms with Crippen LogP contribution in [0.2, 0.25) is 0 Å². The van der Waals surface area contributed by atoms with Crippen LogP contribution in [0.25, 0.3) is 0 Å². The van der Waals surface area contributed by atoms with Crippen molar-refractivity contribution in [3.63, 3.8) is 0 Å². The summed E-state index contributed by atoms with van der Waals surface area (Å²) in [6, 6.07) is 7.18. The molecule has 0 spiro atoms. The molecule has 5 nitrogen and oxygen atoms in total. The zero-order valence-corrected chi connectivity index (χ0v) is 12.9. The smallest absolute Gasteiger partial charge is 0.224 e. The fourth-order valence-electron chi connectivity index (χ4n) is 1.74. The Hall–Kier alpha value is -1.30. The van der Waals surface area contributed by atoms with Crippen LogP contribution in [0, 0.1) is 5.92 Å². The van der Waals surface area contributed by atoms with Gasteiger partial charge < -0.3 is 20.5 Å². The van der Waals surface area contributed by atoms with Gasteiger partial charge in [0.1, 0.15) is 5.75 Å². The van der Waals surface area contributed by atoms with Crippen LogP contribution in [-0.2, 0) is 4.79 Å². The van der Waals surface area contributed by atoms with Crippen LogP contribution in [0.4, 0.5) is 0 Å². The van der Waals surface area contributed by atoms with E-state index in [0.717, 1.165) is 5.56 Å². The van der Waals surface area contributed by atoms with Gasteiger partial charge in [-0.25, -0.2) is 0 Å². The average Bonchev–Trinajstić information content (AvgIpc) is 2.44. The van der Waals surface area contributed by atoms with Gasteiger partial charge >= 0.3 is 0 Å². The van der Waals surface area contributed by atoms with Gasteiger partial charge in [0, 0.05) is 19.0 Å². The molecule has 0 fully saturated rings. The molecule has 0 heterocycles. The Kier molecular flexibility index (Phi) is 8.96. The Morgan fingerprint density at radius 3 is 2.70 bits per heavy atom. The van der Waals surface area contributed by atoms with E-state index in [1.165, 1.54) is 0 Å². The number of aliphatic hydroxyl groups excluding tert-OH is 1. The molecule has 2 unspecified atom stereocenters. The number of carbonyl (C=O) groups is 1. The van der Waals surface area contributed by atoms with Gasteiger partial charge in [0.25, 0.3) is 0 Å². The highest BCUT2D eigenvalue weighted by molar-refractivity contribution is 5.85. The number of hydrogen-bond acceptors (Lipinski definition) is 4. The summed E-state index contributed by atoms with van der Waals surface area (Å²) in [4.78, 5) is 11.7. The Bertz CT molecular complexity index is 415. The number of carbonyl (C=O) groups excluding carboxylic acids is 1. The topological polar surface area (TPSA) is 70.6 Å². The standard InChI is InChI=1S/C14H22N2O3.ClH/c1-10(8-15-2)14(18)16-9-13(17)11-5-4-6-12(7-11)19-3;/h4-7,10,13,15,17H,8-9H2,1-3H3,(H,16,18);1H. The lowest BCUT2D eigenvalue weighted by Gasteiger charge is -2.15. The molecular formula is C14H23ClN2O3. The largest absolute Gasteiger partial charge is 0.497 e. The molecule has 1 aromatic rings. The van der Waals surface area contributed by atoms with Crippen LogP contribution in [0.1, 0.15) is 18.6 Å². The molecule has 0 aliphatic carbocycles. The normalized spacial score (nSPS) is 13.0. The third-order valence-electron chi connectivity index (χ3n) is 2.91. The number of rotatable bonds is 7. The molecule has 0 saturated heterocycles. The van der Waals surface area contributed by atoms with Gasteiger partial charge in [-0.2, -0.15) is 0 Å². The zero-order valence-electron chi connectivity index (χ0n) is 12.1. The molecule has 0 aliphatic rings. The Morgan fingerprint density at radius 2 is 2.10 bits per heavy atom. The van der Waals surface area contributed by atoms with Gasteiger partial charge in [-0.15, -0.1) is 12.4 Å². The Labute approximate surface area is 126 Å². The second kappa shape index (κ2) is 9.58. The van der Waals surface area contributed by atoms with Crippen LogP contribution < -0.4 is 15.4 Å². The molecule has 0 aliphatic heterocycles. The van der Waals surface area contributed by atoms with Gasteiger partial charge in [0.15, 0.2) is 0 Å². The summed E-state index contributed by atoms with van der Waals surface area (Å²) in [6.45, 7) is 2.64. The maximum atomic E-state index is 11.7. The summed E-state index contributed by atoms with van der Waals surface area (Å²) >= 11 is 0. The number of methoxy groups -OCH3 is 1. The summed E-state index contributed by atoms with van der Waals surface area (Å²) in [7, 11) is 3.38. The quantitative estimate of drug-likeness (QED) is 0.706. The first kappa shape index (κ1) is 18.7. The summed E-state index contributed by atoms with van der Waals surface area (Å²) < 4.78 is 5.09. The van der Waals surface area contributed by atoms with E-state index in [1.807, 2.05) is 19.1 Å². The maximum Gasteiger partial charge on any atom is 0.224 e. The minimum atomic E-state index is -0.735. The van der Waals surface area contributed by atoms with Gasteiger partial charge in [-0.1, -0.05) is 19.1 Å². The second-order valence-electron chi connectivity index (χ2n) is 4.50. The number of benzene rings is 1. The molecular weight excluding hydrogens is 280 g/mol. The van der Waals surface area contributed by atoms with E-state index in [2.05, 4.69) is 10.6 Å². The molecule has 0 saturated carbocycles. The number of halogens is 1. The van der Waals surface area contributed by atoms with E-state index in [-0.39, 0.29) is 30.8 Å². The van der Waals surface area contributed by atoms with Gasteiger partial charge in [-0.3, -0.25) is 4.79 Å². The molecule has 2 atom stereocenters. The molecule has 0 radical (unpaired) electrons. The summed E-state index contributed by atoms with van der Waals surface area (Å²) in [6.07, 6.45) is -0.735. The zero-order chi connectivity index (χ0) is 14.3. The fourth-order valence-corrected chi connectivity index (χ4v) is 1.74. The first-order valence-electron chi connectivity index (χ1n) is 6.32. The van der Waals surface area contributed by atoms with Gasteiger partial charge in [0.2, 0.25) is 5.91 Å². The van der Waals surface area contributed by atoms with Crippen molar-refractivity contribution >= 4 is 18.3 Å². The molecule has 6 heteroatoms. The lowest BCUT2D eigenvalue weighted by molar-refractivity contribution is -0.124. The first-order chi connectivity index (χ1) is 9.08. The van der Waals surface area contributed by atoms with Crippen molar-refractivity contribution in [1.29, 1.82) is 0 Å². The summed E-state index contributed by atoms with van der Waals surface area (Å²) in [5.74, 6) is 0.491. The van der Waals surface area contributed by atoms with Crippen LogP contribution in [0.5, 0.6) is 5.75 Å². The highest BCUT2D eigenvalue weighted by Crippen LogP contribution is 2.18. The number of aliphatic hydroxyl groups is 1. The van der Waals surface area contributed by atoms with Crippen molar-refractivity contribution in [2.45, 2.75) is 13.0 Å². The third-order valence-corrected chi connectivity index (χ3v) is 2.91. The van der Waals surface area contributed by atoms with E-state index in [1.54, 1.807) is 26.3 Å². The van der Waals surface area contributed by atoms with E-state index < -0.39 is 6.10 Å². The maximum absolute atomic E-state index is 11.7. The van der Waals surface area contributed by atoms with Gasteiger partial charge in [-0.05, 0) is 24.7 Å². The first-order valence-corrected chi connectivity index (χ1v) is 6.32. The van der Waals surface area contributed by atoms with Gasteiger partial charge in [0.05, 0.1) is 13.2 Å². The second-order valence-corrected chi connectivity index (χ2v) is 4.50. The SMILES string of the molecule is CNCC(C)C(=O)NCC(O)c1cccc(OC)c1.Cl. The van der Waals surface area contributed by atoms with Crippen molar-refractivity contribution < 1.29 is 14.6 Å². The lowest BCUT2D eigenvalue weighted by atomic mass is 10.1. The number of hydrogen-bond donors (Lipinski definition) is 3. The molecule has 20 heavy (non-hydrogen) atoms. The highest BCUT2D eigenvalue weighted by atomic mass is 35.5. The average molecular weight is 303 g/mol. The number of ether oxygens (including phenoxy) is 1. The Balaban J connectivity index is 0.00000361. The molecule has 1 rings (SSSR count). The molecule has 1 amide bonds. The fraction of sp³-hybridized carbons (Fsp3) is 0.500. The van der Waals surface area contributed by atoms with Crippen molar-refractivity contribution in [1.82, 2.24) is 10.6 Å². The third kappa shape index (κ3) is 5.77.